The highest BCUT2D eigenvalue weighted by Gasteiger charge is 2.26. The molecule has 3 aromatic rings. The zero-order valence-electron chi connectivity index (χ0n) is 14.4. The highest BCUT2D eigenvalue weighted by atomic mass is 35.5. The number of carbonyl (C=O) groups is 1. The van der Waals surface area contributed by atoms with Gasteiger partial charge in [-0.05, 0) is 18.9 Å². The summed E-state index contributed by atoms with van der Waals surface area (Å²) < 4.78 is 1.41. The molecule has 1 aliphatic rings. The zero-order valence-corrected chi connectivity index (χ0v) is 16.0. The van der Waals surface area contributed by atoms with E-state index < -0.39 is 17.6 Å². The van der Waals surface area contributed by atoms with E-state index in [0.717, 1.165) is 12.8 Å². The number of hydrogen-bond donors (Lipinski definition) is 2. The van der Waals surface area contributed by atoms with E-state index in [1.165, 1.54) is 21.9 Å². The summed E-state index contributed by atoms with van der Waals surface area (Å²) in [5.74, 6) is -0.510. The maximum Gasteiger partial charge on any atom is 0.271 e. The second-order valence-corrected chi connectivity index (χ2v) is 7.87. The first kappa shape index (κ1) is 18.2. The van der Waals surface area contributed by atoms with E-state index >= 15 is 0 Å². The van der Waals surface area contributed by atoms with Gasteiger partial charge in [0.15, 0.2) is 4.96 Å². The van der Waals surface area contributed by atoms with Crippen LogP contribution in [0.5, 0.6) is 0 Å². The lowest BCUT2D eigenvalue weighted by atomic mass is 9.92. The van der Waals surface area contributed by atoms with E-state index in [0.29, 0.717) is 34.1 Å². The van der Waals surface area contributed by atoms with Crippen molar-refractivity contribution in [3.63, 3.8) is 0 Å². The third-order valence-corrected chi connectivity index (χ3v) is 6.06. The van der Waals surface area contributed by atoms with Crippen LogP contribution in [0.4, 0.5) is 0 Å². The van der Waals surface area contributed by atoms with Gasteiger partial charge in [-0.15, -0.1) is 11.3 Å². The first-order chi connectivity index (χ1) is 13.1. The summed E-state index contributed by atoms with van der Waals surface area (Å²) in [6.45, 7) is 0. The molecule has 1 aromatic carbocycles. The van der Waals surface area contributed by atoms with E-state index in [2.05, 4.69) is 10.3 Å². The van der Waals surface area contributed by atoms with Crippen molar-refractivity contribution in [1.82, 2.24) is 14.7 Å². The maximum atomic E-state index is 13.0. The Morgan fingerprint density at radius 2 is 2.07 bits per heavy atom. The number of nitrogens with one attached hydrogen (secondary N) is 1. The van der Waals surface area contributed by atoms with Crippen molar-refractivity contribution in [3.8, 4) is 11.3 Å². The molecule has 140 valence electrons. The number of fused-ring (bicyclic) bond motifs is 1. The number of nitrogens with zero attached hydrogens (tertiary/aromatic N) is 2. The summed E-state index contributed by atoms with van der Waals surface area (Å²) in [7, 11) is 0. The zero-order chi connectivity index (χ0) is 19.0. The molecular formula is C19H18ClN3O3S. The number of carbonyl (C=O) groups excluding carboxylic acids is 1. The number of halogens is 1. The summed E-state index contributed by atoms with van der Waals surface area (Å²) >= 11 is 7.59. The molecule has 1 amide bonds. The number of aliphatic hydroxyl groups is 1. The number of amides is 1. The SMILES string of the molecule is O=C(NC1CCCCC1O)c1cnc2scc(-c3ccccc3Cl)n2c1=O. The molecule has 1 saturated carbocycles. The Morgan fingerprint density at radius 1 is 1.30 bits per heavy atom. The molecule has 4 rings (SSSR count). The fourth-order valence-corrected chi connectivity index (χ4v) is 4.51. The molecule has 8 heteroatoms. The topological polar surface area (TPSA) is 83.7 Å². The molecule has 2 N–H and O–H groups in total. The van der Waals surface area contributed by atoms with Gasteiger partial charge in [-0.3, -0.25) is 14.0 Å². The van der Waals surface area contributed by atoms with Crippen LogP contribution in [0, 0.1) is 0 Å². The number of rotatable bonds is 3. The van der Waals surface area contributed by atoms with Gasteiger partial charge in [-0.2, -0.15) is 0 Å². The van der Waals surface area contributed by atoms with Gasteiger partial charge in [-0.25, -0.2) is 4.98 Å². The van der Waals surface area contributed by atoms with E-state index in [-0.39, 0.29) is 11.6 Å². The molecule has 0 bridgehead atoms. The Balaban J connectivity index is 1.74. The van der Waals surface area contributed by atoms with E-state index in [4.69, 9.17) is 11.6 Å². The molecule has 1 fully saturated rings. The van der Waals surface area contributed by atoms with E-state index in [1.54, 1.807) is 11.4 Å². The van der Waals surface area contributed by atoms with Crippen LogP contribution in [0.3, 0.4) is 0 Å². The van der Waals surface area contributed by atoms with Crippen molar-refractivity contribution in [2.45, 2.75) is 37.8 Å². The first-order valence-corrected chi connectivity index (χ1v) is 10.0. The first-order valence-electron chi connectivity index (χ1n) is 8.79. The van der Waals surface area contributed by atoms with Gasteiger partial charge in [-0.1, -0.05) is 42.6 Å². The molecule has 6 nitrogen and oxygen atoms in total. The molecule has 1 aliphatic carbocycles. The minimum atomic E-state index is -0.582. The average molecular weight is 404 g/mol. The van der Waals surface area contributed by atoms with Gasteiger partial charge < -0.3 is 10.4 Å². The minimum absolute atomic E-state index is 0.0445. The van der Waals surface area contributed by atoms with Crippen LogP contribution < -0.4 is 10.9 Å². The molecule has 0 spiro atoms. The van der Waals surface area contributed by atoms with Crippen LogP contribution in [0.25, 0.3) is 16.2 Å². The van der Waals surface area contributed by atoms with Gasteiger partial charge in [0.1, 0.15) is 5.56 Å². The van der Waals surface area contributed by atoms with Gasteiger partial charge in [0.05, 0.1) is 17.8 Å². The molecule has 2 unspecified atom stereocenters. The maximum absolute atomic E-state index is 13.0. The Labute approximate surface area is 164 Å². The normalized spacial score (nSPS) is 19.9. The fourth-order valence-electron chi connectivity index (χ4n) is 3.43. The molecule has 27 heavy (non-hydrogen) atoms. The van der Waals surface area contributed by atoms with E-state index in [1.807, 2.05) is 18.2 Å². The summed E-state index contributed by atoms with van der Waals surface area (Å²) in [4.78, 5) is 30.4. The molecule has 0 saturated heterocycles. The van der Waals surface area contributed by atoms with Crippen LogP contribution >= 0.6 is 22.9 Å². The molecule has 0 radical (unpaired) electrons. The third kappa shape index (κ3) is 3.38. The average Bonchev–Trinajstić information content (AvgIpc) is 3.09. The predicted octanol–water partition coefficient (Wildman–Crippen LogP) is 3.11. The minimum Gasteiger partial charge on any atom is -0.391 e. The molecule has 2 heterocycles. The number of hydrogen-bond acceptors (Lipinski definition) is 5. The molecule has 2 atom stereocenters. The number of aromatic nitrogens is 2. The van der Waals surface area contributed by atoms with Crippen LogP contribution in [-0.2, 0) is 0 Å². The number of thiazole rings is 1. The standard InChI is InChI=1S/C19H18ClN3O3S/c20-13-6-2-1-5-11(13)15-10-27-19-21-9-12(18(26)23(15)19)17(25)22-14-7-3-4-8-16(14)24/h1-2,5-6,9-10,14,16,24H,3-4,7-8H2,(H,22,25). The summed E-state index contributed by atoms with van der Waals surface area (Å²) in [6.07, 6.45) is 3.96. The van der Waals surface area contributed by atoms with Crippen LogP contribution in [0.2, 0.25) is 5.02 Å². The van der Waals surface area contributed by atoms with Crippen LogP contribution in [0.1, 0.15) is 36.0 Å². The van der Waals surface area contributed by atoms with E-state index in [9.17, 15) is 14.7 Å². The molecule has 0 aliphatic heterocycles. The van der Waals surface area contributed by atoms with Crippen molar-refractivity contribution in [3.05, 3.63) is 56.8 Å². The largest absolute Gasteiger partial charge is 0.391 e. The van der Waals surface area contributed by atoms with Crippen molar-refractivity contribution >= 4 is 33.8 Å². The van der Waals surface area contributed by atoms with Crippen LogP contribution in [-0.4, -0.2) is 32.5 Å². The molecule has 2 aromatic heterocycles. The van der Waals surface area contributed by atoms with Gasteiger partial charge >= 0.3 is 0 Å². The second-order valence-electron chi connectivity index (χ2n) is 6.63. The van der Waals surface area contributed by atoms with Gasteiger partial charge in [0.25, 0.3) is 11.5 Å². The predicted molar refractivity (Wildman–Crippen MR) is 106 cm³/mol. The highest BCUT2D eigenvalue weighted by molar-refractivity contribution is 7.15. The quantitative estimate of drug-likeness (QED) is 0.703. The molecular weight excluding hydrogens is 386 g/mol. The highest BCUT2D eigenvalue weighted by Crippen LogP contribution is 2.30. The Kier molecular flexibility index (Phi) is 4.99. The lowest BCUT2D eigenvalue weighted by molar-refractivity contribution is 0.0716. The van der Waals surface area contributed by atoms with Gasteiger partial charge in [0, 0.05) is 22.2 Å². The van der Waals surface area contributed by atoms with Crippen molar-refractivity contribution in [2.24, 2.45) is 0 Å². The van der Waals surface area contributed by atoms with Crippen molar-refractivity contribution < 1.29 is 9.90 Å². The fraction of sp³-hybridized carbons (Fsp3) is 0.316. The lowest BCUT2D eigenvalue weighted by Crippen LogP contribution is -2.46. The summed E-state index contributed by atoms with van der Waals surface area (Å²) in [6, 6.07) is 6.89. The van der Waals surface area contributed by atoms with Crippen molar-refractivity contribution in [1.29, 1.82) is 0 Å². The van der Waals surface area contributed by atoms with Gasteiger partial charge in [0.2, 0.25) is 0 Å². The summed E-state index contributed by atoms with van der Waals surface area (Å²) in [5.41, 5.74) is 0.816. The van der Waals surface area contributed by atoms with Crippen LogP contribution in [0.15, 0.2) is 40.6 Å². The third-order valence-electron chi connectivity index (χ3n) is 4.89. The number of benzene rings is 1. The second kappa shape index (κ2) is 7.42. The number of aliphatic hydroxyl groups excluding tert-OH is 1. The smallest absolute Gasteiger partial charge is 0.271 e. The Hall–Kier alpha value is -2.22. The Morgan fingerprint density at radius 3 is 2.85 bits per heavy atom. The van der Waals surface area contributed by atoms with Crippen molar-refractivity contribution in [2.75, 3.05) is 0 Å². The monoisotopic (exact) mass is 403 g/mol. The summed E-state index contributed by atoms with van der Waals surface area (Å²) in [5, 5.41) is 15.2. The Bertz CT molecular complexity index is 1060. The lowest BCUT2D eigenvalue weighted by Gasteiger charge is -2.28.